The molecule has 0 amide bonds. The number of hydrogen-bond donors (Lipinski definition) is 0. The number of thiophene rings is 1. The van der Waals surface area contributed by atoms with Crippen LogP contribution in [0.25, 0.3) is 75.6 Å². The van der Waals surface area contributed by atoms with Gasteiger partial charge in [0, 0.05) is 43.3 Å². The van der Waals surface area contributed by atoms with Gasteiger partial charge in [0.05, 0.1) is 21.4 Å². The average Bonchev–Trinajstić information content (AvgIpc) is 3.78. The van der Waals surface area contributed by atoms with Crippen LogP contribution in [-0.2, 0) is 6.42 Å². The maximum absolute atomic E-state index is 2.46. The van der Waals surface area contributed by atoms with Crippen molar-refractivity contribution in [3.8, 4) is 16.8 Å². The molecule has 8 aromatic carbocycles. The molecule has 2 aromatic heterocycles. The lowest BCUT2D eigenvalue weighted by atomic mass is 9.92. The van der Waals surface area contributed by atoms with Crippen LogP contribution in [0, 0.1) is 0 Å². The van der Waals surface area contributed by atoms with Crippen molar-refractivity contribution < 1.29 is 0 Å². The monoisotopic (exact) mass is 694 g/mol. The van der Waals surface area contributed by atoms with E-state index in [9.17, 15) is 0 Å². The largest absolute Gasteiger partial charge is 0.309 e. The van der Waals surface area contributed by atoms with Crippen molar-refractivity contribution in [1.82, 2.24) is 4.57 Å². The summed E-state index contributed by atoms with van der Waals surface area (Å²) in [5, 5.41) is 7.73. The first-order chi connectivity index (χ1) is 26.3. The van der Waals surface area contributed by atoms with Crippen molar-refractivity contribution in [3.05, 3.63) is 187 Å². The van der Waals surface area contributed by atoms with Crippen LogP contribution in [0.5, 0.6) is 0 Å². The van der Waals surface area contributed by atoms with E-state index in [1.165, 1.54) is 86.4 Å². The van der Waals surface area contributed by atoms with Gasteiger partial charge in [-0.25, -0.2) is 0 Å². The van der Waals surface area contributed by atoms with Gasteiger partial charge in [-0.15, -0.1) is 11.3 Å². The standard InChI is InChI=1S/C50H34N2S/c1-2-13-36(14-3-1)52-45-20-8-6-17-44(45)49-41(18-10-21-46(49)52)34-26-28-37(29-27-34)51(47-22-11-19-43-42-16-7-9-23-48(42)53-50(43)47)38-30-31-40-35(32-38)25-24-33-12-4-5-15-39(33)40/h1-3,5-11,13-32H,4,12H2. The minimum absolute atomic E-state index is 1.11. The van der Waals surface area contributed by atoms with E-state index in [1.54, 1.807) is 0 Å². The molecule has 1 aliphatic rings. The Hall–Kier alpha value is -6.42. The number of aryl methyl sites for hydroxylation is 1. The van der Waals surface area contributed by atoms with Crippen LogP contribution in [0.1, 0.15) is 17.5 Å². The highest BCUT2D eigenvalue weighted by Gasteiger charge is 2.21. The minimum Gasteiger partial charge on any atom is -0.309 e. The summed E-state index contributed by atoms with van der Waals surface area (Å²) in [6, 6.07) is 62.6. The van der Waals surface area contributed by atoms with Gasteiger partial charge in [-0.3, -0.25) is 0 Å². The number of fused-ring (bicyclic) bond motifs is 9. The molecular formula is C50H34N2S. The molecule has 2 heterocycles. The highest BCUT2D eigenvalue weighted by Crippen LogP contribution is 2.46. The zero-order valence-corrected chi connectivity index (χ0v) is 29.9. The van der Waals surface area contributed by atoms with E-state index in [0.717, 1.165) is 24.2 Å². The molecule has 0 N–H and O–H groups in total. The summed E-state index contributed by atoms with van der Waals surface area (Å²) < 4.78 is 5.00. The average molecular weight is 695 g/mol. The van der Waals surface area contributed by atoms with E-state index in [0.29, 0.717) is 0 Å². The van der Waals surface area contributed by atoms with Crippen molar-refractivity contribution in [2.24, 2.45) is 0 Å². The quantitative estimate of drug-likeness (QED) is 0.174. The zero-order valence-electron chi connectivity index (χ0n) is 29.0. The first-order valence-corrected chi connectivity index (χ1v) is 19.2. The molecule has 2 nitrogen and oxygen atoms in total. The molecule has 11 rings (SSSR count). The van der Waals surface area contributed by atoms with E-state index < -0.39 is 0 Å². The van der Waals surface area contributed by atoms with Gasteiger partial charge in [0.2, 0.25) is 0 Å². The van der Waals surface area contributed by atoms with Gasteiger partial charge < -0.3 is 9.47 Å². The summed E-state index contributed by atoms with van der Waals surface area (Å²) in [5.74, 6) is 0. The molecule has 0 saturated carbocycles. The Labute approximate surface area is 312 Å². The van der Waals surface area contributed by atoms with Gasteiger partial charge in [-0.2, -0.15) is 0 Å². The Morgan fingerprint density at radius 1 is 0.547 bits per heavy atom. The summed E-state index contributed by atoms with van der Waals surface area (Å²) in [7, 11) is 0. The van der Waals surface area contributed by atoms with Gasteiger partial charge in [-0.05, 0) is 107 Å². The van der Waals surface area contributed by atoms with Crippen molar-refractivity contribution in [2.45, 2.75) is 12.8 Å². The second-order valence-electron chi connectivity index (χ2n) is 14.0. The van der Waals surface area contributed by atoms with Gasteiger partial charge in [0.1, 0.15) is 0 Å². The lowest BCUT2D eigenvalue weighted by Gasteiger charge is -2.27. The summed E-state index contributed by atoms with van der Waals surface area (Å²) in [4.78, 5) is 2.46. The fourth-order valence-corrected chi connectivity index (χ4v) is 9.83. The van der Waals surface area contributed by atoms with Crippen molar-refractivity contribution in [2.75, 3.05) is 4.90 Å². The normalized spacial score (nSPS) is 12.7. The number of hydrogen-bond acceptors (Lipinski definition) is 2. The van der Waals surface area contributed by atoms with Crippen LogP contribution < -0.4 is 4.90 Å². The van der Waals surface area contributed by atoms with Gasteiger partial charge in [0.15, 0.2) is 0 Å². The van der Waals surface area contributed by atoms with Crippen molar-refractivity contribution in [1.29, 1.82) is 0 Å². The third-order valence-electron chi connectivity index (χ3n) is 11.0. The van der Waals surface area contributed by atoms with Crippen LogP contribution in [0.4, 0.5) is 17.1 Å². The Morgan fingerprint density at radius 3 is 2.21 bits per heavy atom. The maximum Gasteiger partial charge on any atom is 0.0640 e. The second kappa shape index (κ2) is 12.1. The zero-order chi connectivity index (χ0) is 34.9. The predicted octanol–water partition coefficient (Wildman–Crippen LogP) is 14.4. The molecule has 0 radical (unpaired) electrons. The molecule has 250 valence electrons. The SMILES string of the molecule is C1=Cc2c(ccc3cc(N(c4ccc(-c5cccc6c5c5ccccc5n6-c5ccccc5)cc4)c4cccc5c4sc4ccccc45)ccc23)CC1. The maximum atomic E-state index is 2.46. The predicted molar refractivity (Wildman–Crippen MR) is 229 cm³/mol. The third kappa shape index (κ3) is 4.78. The lowest BCUT2D eigenvalue weighted by molar-refractivity contribution is 0.990. The number of anilines is 3. The van der Waals surface area contributed by atoms with Crippen molar-refractivity contribution >= 4 is 87.2 Å². The number of aromatic nitrogens is 1. The fraction of sp³-hybridized carbons (Fsp3) is 0.0400. The molecule has 1 aliphatic carbocycles. The van der Waals surface area contributed by atoms with E-state index >= 15 is 0 Å². The molecule has 3 heteroatoms. The molecular weight excluding hydrogens is 661 g/mol. The smallest absolute Gasteiger partial charge is 0.0640 e. The minimum atomic E-state index is 1.11. The number of allylic oxidation sites excluding steroid dienone is 1. The molecule has 53 heavy (non-hydrogen) atoms. The Bertz CT molecular complexity index is 3050. The highest BCUT2D eigenvalue weighted by molar-refractivity contribution is 7.26. The highest BCUT2D eigenvalue weighted by atomic mass is 32.1. The van der Waals surface area contributed by atoms with Crippen molar-refractivity contribution in [3.63, 3.8) is 0 Å². The van der Waals surface area contributed by atoms with Crippen LogP contribution in [0.15, 0.2) is 176 Å². The van der Waals surface area contributed by atoms with Crippen LogP contribution in [0.3, 0.4) is 0 Å². The number of nitrogens with zero attached hydrogens (tertiary/aromatic N) is 2. The number of benzene rings is 8. The number of rotatable bonds is 5. The van der Waals surface area contributed by atoms with Crippen LogP contribution in [0.2, 0.25) is 0 Å². The van der Waals surface area contributed by atoms with E-state index in [2.05, 4.69) is 191 Å². The number of para-hydroxylation sites is 2. The fourth-order valence-electron chi connectivity index (χ4n) is 8.62. The summed E-state index contributed by atoms with van der Waals surface area (Å²) in [6.45, 7) is 0. The summed E-state index contributed by atoms with van der Waals surface area (Å²) >= 11 is 1.88. The van der Waals surface area contributed by atoms with Gasteiger partial charge >= 0.3 is 0 Å². The summed E-state index contributed by atoms with van der Waals surface area (Å²) in [5.41, 5.74) is 12.3. The topological polar surface area (TPSA) is 8.17 Å². The Kier molecular flexibility index (Phi) is 6.89. The molecule has 10 aromatic rings. The van der Waals surface area contributed by atoms with Crippen LogP contribution in [-0.4, -0.2) is 4.57 Å². The summed E-state index contributed by atoms with van der Waals surface area (Å²) in [6.07, 6.45) is 6.85. The molecule has 0 aliphatic heterocycles. The molecule has 0 atom stereocenters. The van der Waals surface area contributed by atoms with Gasteiger partial charge in [-0.1, -0.05) is 121 Å². The first-order valence-electron chi connectivity index (χ1n) is 18.4. The van der Waals surface area contributed by atoms with E-state index in [4.69, 9.17) is 0 Å². The third-order valence-corrected chi connectivity index (χ3v) is 12.2. The molecule has 0 bridgehead atoms. The van der Waals surface area contributed by atoms with E-state index in [-0.39, 0.29) is 0 Å². The Morgan fingerprint density at radius 2 is 1.30 bits per heavy atom. The first kappa shape index (κ1) is 30.2. The second-order valence-corrected chi connectivity index (χ2v) is 15.1. The Balaban J connectivity index is 1.10. The molecule has 0 fully saturated rings. The molecule has 0 saturated heterocycles. The molecule has 0 spiro atoms. The molecule has 0 unspecified atom stereocenters. The van der Waals surface area contributed by atoms with Gasteiger partial charge in [0.25, 0.3) is 0 Å². The lowest BCUT2D eigenvalue weighted by Crippen LogP contribution is -2.10. The van der Waals surface area contributed by atoms with Crippen LogP contribution >= 0.6 is 11.3 Å². The van der Waals surface area contributed by atoms with E-state index in [1.807, 2.05) is 11.3 Å².